The minimum Gasteiger partial charge on any atom is -0.496 e. The summed E-state index contributed by atoms with van der Waals surface area (Å²) in [7, 11) is 1.59. The Morgan fingerprint density at radius 3 is 2.90 bits per heavy atom. The zero-order chi connectivity index (χ0) is 14.5. The zero-order valence-electron chi connectivity index (χ0n) is 11.9. The van der Waals surface area contributed by atoms with Gasteiger partial charge in [0.05, 0.1) is 25.3 Å². The van der Waals surface area contributed by atoms with Crippen LogP contribution in [0.2, 0.25) is 0 Å². The summed E-state index contributed by atoms with van der Waals surface area (Å²) in [5.74, 6) is 1.22. The van der Waals surface area contributed by atoms with Crippen LogP contribution < -0.4 is 10.5 Å². The van der Waals surface area contributed by atoms with Gasteiger partial charge in [0.1, 0.15) is 5.75 Å². The van der Waals surface area contributed by atoms with E-state index in [1.807, 2.05) is 26.0 Å². The molecule has 2 aromatic rings. The average molecular weight is 277 g/mol. The first kappa shape index (κ1) is 14.3. The zero-order valence-corrected chi connectivity index (χ0v) is 11.9. The van der Waals surface area contributed by atoms with Crippen LogP contribution in [-0.4, -0.2) is 40.0 Å². The van der Waals surface area contributed by atoms with Crippen LogP contribution in [0.25, 0.3) is 11.4 Å². The van der Waals surface area contributed by atoms with Crippen LogP contribution in [0.3, 0.4) is 0 Å². The Hall–Kier alpha value is -2.15. The van der Waals surface area contributed by atoms with Crippen molar-refractivity contribution in [3.8, 4) is 17.1 Å². The van der Waals surface area contributed by atoms with Crippen LogP contribution in [0.1, 0.15) is 13.8 Å². The predicted molar refractivity (Wildman–Crippen MR) is 75.3 cm³/mol. The molecule has 0 radical (unpaired) electrons. The SMILES string of the molecule is CCOC(C)Cn1nnnc1-c1c(N)cccc1OC. The van der Waals surface area contributed by atoms with Crippen LogP contribution in [0.4, 0.5) is 5.69 Å². The van der Waals surface area contributed by atoms with Crippen LogP contribution in [0.15, 0.2) is 18.2 Å². The molecule has 7 heteroatoms. The van der Waals surface area contributed by atoms with Crippen LogP contribution in [0, 0.1) is 0 Å². The summed E-state index contributed by atoms with van der Waals surface area (Å²) in [5.41, 5.74) is 7.30. The topological polar surface area (TPSA) is 88.1 Å². The van der Waals surface area contributed by atoms with E-state index in [1.54, 1.807) is 17.9 Å². The van der Waals surface area contributed by atoms with E-state index >= 15 is 0 Å². The van der Waals surface area contributed by atoms with Crippen molar-refractivity contribution in [2.45, 2.75) is 26.5 Å². The van der Waals surface area contributed by atoms with Crippen molar-refractivity contribution in [1.29, 1.82) is 0 Å². The second-order valence-electron chi connectivity index (χ2n) is 4.38. The van der Waals surface area contributed by atoms with Crippen LogP contribution in [0.5, 0.6) is 5.75 Å². The van der Waals surface area contributed by atoms with Gasteiger partial charge in [0, 0.05) is 12.3 Å². The molecule has 0 amide bonds. The van der Waals surface area contributed by atoms with Gasteiger partial charge >= 0.3 is 0 Å². The van der Waals surface area contributed by atoms with E-state index in [0.29, 0.717) is 36.0 Å². The average Bonchev–Trinajstić information content (AvgIpc) is 2.86. The Labute approximate surface area is 117 Å². The Kier molecular flexibility index (Phi) is 4.52. The second kappa shape index (κ2) is 6.33. The standard InChI is InChI=1S/C13H19N5O2/c1-4-20-9(2)8-18-13(15-16-17-18)12-10(14)6-5-7-11(12)19-3/h5-7,9H,4,8,14H2,1-3H3. The fraction of sp³-hybridized carbons (Fsp3) is 0.462. The molecule has 2 N–H and O–H groups in total. The summed E-state index contributed by atoms with van der Waals surface area (Å²) in [5, 5.41) is 11.8. The van der Waals surface area contributed by atoms with Crippen molar-refractivity contribution >= 4 is 5.69 Å². The molecule has 1 aromatic carbocycles. The quantitative estimate of drug-likeness (QED) is 0.802. The highest BCUT2D eigenvalue weighted by molar-refractivity contribution is 5.77. The van der Waals surface area contributed by atoms with E-state index in [9.17, 15) is 0 Å². The molecule has 1 heterocycles. The first-order chi connectivity index (χ1) is 9.67. The lowest BCUT2D eigenvalue weighted by Gasteiger charge is -2.14. The maximum absolute atomic E-state index is 6.03. The van der Waals surface area contributed by atoms with E-state index in [4.69, 9.17) is 15.2 Å². The number of nitrogens with zero attached hydrogens (tertiary/aromatic N) is 4. The summed E-state index contributed by atoms with van der Waals surface area (Å²) >= 11 is 0. The van der Waals surface area contributed by atoms with Gasteiger partial charge in [-0.2, -0.15) is 0 Å². The summed E-state index contributed by atoms with van der Waals surface area (Å²) < 4.78 is 12.5. The Morgan fingerprint density at radius 1 is 1.40 bits per heavy atom. The molecule has 0 fully saturated rings. The van der Waals surface area contributed by atoms with Gasteiger partial charge in [0.2, 0.25) is 0 Å². The number of tetrazole rings is 1. The highest BCUT2D eigenvalue weighted by atomic mass is 16.5. The summed E-state index contributed by atoms with van der Waals surface area (Å²) in [4.78, 5) is 0. The number of hydrogen-bond donors (Lipinski definition) is 1. The molecule has 0 bridgehead atoms. The molecule has 108 valence electrons. The van der Waals surface area contributed by atoms with E-state index in [1.165, 1.54) is 0 Å². The molecular formula is C13H19N5O2. The van der Waals surface area contributed by atoms with Gasteiger partial charge in [-0.3, -0.25) is 0 Å². The van der Waals surface area contributed by atoms with Crippen molar-refractivity contribution in [3.05, 3.63) is 18.2 Å². The smallest absolute Gasteiger partial charge is 0.187 e. The number of methoxy groups -OCH3 is 1. The van der Waals surface area contributed by atoms with Gasteiger partial charge in [0.25, 0.3) is 0 Å². The number of hydrogen-bond acceptors (Lipinski definition) is 6. The van der Waals surface area contributed by atoms with Crippen molar-refractivity contribution in [3.63, 3.8) is 0 Å². The van der Waals surface area contributed by atoms with Gasteiger partial charge in [-0.05, 0) is 36.4 Å². The molecular weight excluding hydrogens is 258 g/mol. The number of nitrogen functional groups attached to an aromatic ring is 1. The lowest BCUT2D eigenvalue weighted by molar-refractivity contribution is 0.0614. The van der Waals surface area contributed by atoms with Gasteiger partial charge < -0.3 is 15.2 Å². The number of aromatic nitrogens is 4. The van der Waals surface area contributed by atoms with Gasteiger partial charge in [-0.1, -0.05) is 6.07 Å². The Balaban J connectivity index is 2.37. The fourth-order valence-corrected chi connectivity index (χ4v) is 2.04. The van der Waals surface area contributed by atoms with E-state index in [2.05, 4.69) is 15.5 Å². The Bertz CT molecular complexity index is 570. The van der Waals surface area contributed by atoms with E-state index in [-0.39, 0.29) is 6.10 Å². The molecule has 0 aliphatic rings. The molecule has 0 aliphatic carbocycles. The van der Waals surface area contributed by atoms with E-state index in [0.717, 1.165) is 0 Å². The molecule has 1 aromatic heterocycles. The maximum Gasteiger partial charge on any atom is 0.187 e. The van der Waals surface area contributed by atoms with Gasteiger partial charge in [0.15, 0.2) is 5.82 Å². The molecule has 0 spiro atoms. The number of rotatable bonds is 6. The third-order valence-electron chi connectivity index (χ3n) is 2.92. The number of benzene rings is 1. The van der Waals surface area contributed by atoms with Crippen molar-refractivity contribution in [2.24, 2.45) is 0 Å². The lowest BCUT2D eigenvalue weighted by Crippen LogP contribution is -2.18. The highest BCUT2D eigenvalue weighted by Crippen LogP contribution is 2.33. The molecule has 2 rings (SSSR count). The second-order valence-corrected chi connectivity index (χ2v) is 4.38. The number of nitrogens with two attached hydrogens (primary N) is 1. The normalized spacial score (nSPS) is 12.3. The third kappa shape index (κ3) is 2.88. The largest absolute Gasteiger partial charge is 0.496 e. The molecule has 20 heavy (non-hydrogen) atoms. The van der Waals surface area contributed by atoms with Gasteiger partial charge in [-0.25, -0.2) is 4.68 Å². The molecule has 0 aliphatic heterocycles. The van der Waals surface area contributed by atoms with Crippen molar-refractivity contribution < 1.29 is 9.47 Å². The summed E-state index contributed by atoms with van der Waals surface area (Å²) in [6, 6.07) is 5.45. The fourth-order valence-electron chi connectivity index (χ4n) is 2.04. The van der Waals surface area contributed by atoms with Crippen molar-refractivity contribution in [1.82, 2.24) is 20.2 Å². The maximum atomic E-state index is 6.03. The van der Waals surface area contributed by atoms with Crippen LogP contribution in [-0.2, 0) is 11.3 Å². The van der Waals surface area contributed by atoms with Crippen LogP contribution >= 0.6 is 0 Å². The molecule has 1 unspecified atom stereocenters. The first-order valence-corrected chi connectivity index (χ1v) is 6.48. The third-order valence-corrected chi connectivity index (χ3v) is 2.92. The molecule has 0 saturated heterocycles. The first-order valence-electron chi connectivity index (χ1n) is 6.48. The molecule has 1 atom stereocenters. The van der Waals surface area contributed by atoms with Crippen molar-refractivity contribution in [2.75, 3.05) is 19.5 Å². The summed E-state index contributed by atoms with van der Waals surface area (Å²) in [6.07, 6.45) is 0.0122. The number of anilines is 1. The number of ether oxygens (including phenoxy) is 2. The predicted octanol–water partition coefficient (Wildman–Crippen LogP) is 1.36. The van der Waals surface area contributed by atoms with E-state index < -0.39 is 0 Å². The Morgan fingerprint density at radius 2 is 2.20 bits per heavy atom. The highest BCUT2D eigenvalue weighted by Gasteiger charge is 2.18. The van der Waals surface area contributed by atoms with Gasteiger partial charge in [-0.15, -0.1) is 5.10 Å². The summed E-state index contributed by atoms with van der Waals surface area (Å²) in [6.45, 7) is 5.12. The minimum atomic E-state index is 0.0122. The monoisotopic (exact) mass is 277 g/mol. The minimum absolute atomic E-state index is 0.0122. The molecule has 7 nitrogen and oxygen atoms in total. The molecule has 0 saturated carbocycles. The lowest BCUT2D eigenvalue weighted by atomic mass is 10.1.